The van der Waals surface area contributed by atoms with E-state index in [1.165, 1.54) is 19.3 Å². The van der Waals surface area contributed by atoms with E-state index >= 15 is 0 Å². The molecule has 2 saturated carbocycles. The number of benzene rings is 2. The molecule has 2 aliphatic carbocycles. The van der Waals surface area contributed by atoms with E-state index < -0.39 is 0 Å². The van der Waals surface area contributed by atoms with Crippen molar-refractivity contribution in [2.45, 2.75) is 31.7 Å². The van der Waals surface area contributed by atoms with Gasteiger partial charge in [0.2, 0.25) is 0 Å². The number of methoxy groups -OCH3 is 1. The number of amides is 1. The Bertz CT molecular complexity index is 795. The molecule has 4 rings (SSSR count). The zero-order valence-electron chi connectivity index (χ0n) is 15.2. The van der Waals surface area contributed by atoms with Crippen molar-refractivity contribution < 1.29 is 9.53 Å². The average Bonchev–Trinajstić information content (AvgIpc) is 3.30. The lowest BCUT2D eigenvalue weighted by atomic mass is 9.94. The molecule has 2 bridgehead atoms. The van der Waals surface area contributed by atoms with E-state index in [0.29, 0.717) is 12.0 Å². The number of fused-ring (bicyclic) bond motifs is 2. The lowest BCUT2D eigenvalue weighted by Gasteiger charge is -2.23. The Morgan fingerprint density at radius 3 is 2.42 bits per heavy atom. The SMILES string of the molecule is COc1ccc(/C=C(/C(=O)N[C@@H]2C[C@H]3CC[C@@H]2C3)c2ccccc2)cc1. The van der Waals surface area contributed by atoms with E-state index in [1.54, 1.807) is 7.11 Å². The third-order valence-corrected chi connectivity index (χ3v) is 5.81. The molecule has 3 atom stereocenters. The fourth-order valence-corrected chi connectivity index (χ4v) is 4.43. The lowest BCUT2D eigenvalue weighted by Crippen LogP contribution is -2.38. The Balaban J connectivity index is 1.60. The van der Waals surface area contributed by atoms with Gasteiger partial charge in [0, 0.05) is 11.6 Å². The van der Waals surface area contributed by atoms with Crippen LogP contribution < -0.4 is 10.1 Å². The minimum absolute atomic E-state index is 0.0320. The van der Waals surface area contributed by atoms with E-state index in [0.717, 1.165) is 34.8 Å². The molecule has 2 aromatic carbocycles. The van der Waals surface area contributed by atoms with Crippen molar-refractivity contribution in [3.05, 3.63) is 65.7 Å². The molecule has 134 valence electrons. The second-order valence-electron chi connectivity index (χ2n) is 7.45. The molecule has 2 aliphatic rings. The zero-order valence-corrected chi connectivity index (χ0v) is 15.2. The summed E-state index contributed by atoms with van der Waals surface area (Å²) in [6.45, 7) is 0. The van der Waals surface area contributed by atoms with Crippen LogP contribution in [0, 0.1) is 11.8 Å². The van der Waals surface area contributed by atoms with Crippen molar-refractivity contribution in [2.24, 2.45) is 11.8 Å². The summed E-state index contributed by atoms with van der Waals surface area (Å²) in [7, 11) is 1.66. The third-order valence-electron chi connectivity index (χ3n) is 5.81. The first-order valence-electron chi connectivity index (χ1n) is 9.45. The van der Waals surface area contributed by atoms with Crippen LogP contribution in [0.3, 0.4) is 0 Å². The summed E-state index contributed by atoms with van der Waals surface area (Å²) in [5.74, 6) is 2.33. The van der Waals surface area contributed by atoms with Gasteiger partial charge in [0.25, 0.3) is 5.91 Å². The predicted octanol–water partition coefficient (Wildman–Crippen LogP) is 4.54. The normalized spacial score (nSPS) is 24.5. The van der Waals surface area contributed by atoms with Gasteiger partial charge in [-0.25, -0.2) is 0 Å². The molecule has 1 N–H and O–H groups in total. The number of carbonyl (C=O) groups is 1. The highest BCUT2D eigenvalue weighted by Crippen LogP contribution is 2.44. The van der Waals surface area contributed by atoms with Crippen molar-refractivity contribution in [3.8, 4) is 5.75 Å². The van der Waals surface area contributed by atoms with Gasteiger partial charge in [0.1, 0.15) is 5.75 Å². The highest BCUT2D eigenvalue weighted by Gasteiger charge is 2.40. The molecule has 0 aliphatic heterocycles. The number of rotatable bonds is 5. The van der Waals surface area contributed by atoms with Gasteiger partial charge in [-0.3, -0.25) is 4.79 Å². The van der Waals surface area contributed by atoms with E-state index in [2.05, 4.69) is 5.32 Å². The van der Waals surface area contributed by atoms with Gasteiger partial charge in [0.05, 0.1) is 7.11 Å². The van der Waals surface area contributed by atoms with Crippen LogP contribution in [0.15, 0.2) is 54.6 Å². The van der Waals surface area contributed by atoms with Gasteiger partial charge in [-0.2, -0.15) is 0 Å². The molecule has 0 unspecified atom stereocenters. The highest BCUT2D eigenvalue weighted by atomic mass is 16.5. The van der Waals surface area contributed by atoms with Crippen molar-refractivity contribution in [1.82, 2.24) is 5.32 Å². The van der Waals surface area contributed by atoms with Crippen molar-refractivity contribution in [2.75, 3.05) is 7.11 Å². The lowest BCUT2D eigenvalue weighted by molar-refractivity contribution is -0.116. The molecule has 0 radical (unpaired) electrons. The summed E-state index contributed by atoms with van der Waals surface area (Å²) in [5, 5.41) is 3.32. The van der Waals surface area contributed by atoms with Crippen LogP contribution in [-0.4, -0.2) is 19.1 Å². The third kappa shape index (κ3) is 3.52. The summed E-state index contributed by atoms with van der Waals surface area (Å²) < 4.78 is 5.22. The smallest absolute Gasteiger partial charge is 0.252 e. The monoisotopic (exact) mass is 347 g/mol. The topological polar surface area (TPSA) is 38.3 Å². The Labute approximate surface area is 155 Å². The molecule has 3 heteroatoms. The Kier molecular flexibility index (Phi) is 4.79. The van der Waals surface area contributed by atoms with Crippen LogP contribution in [0.4, 0.5) is 0 Å². The average molecular weight is 347 g/mol. The van der Waals surface area contributed by atoms with Crippen molar-refractivity contribution in [1.29, 1.82) is 0 Å². The second kappa shape index (κ2) is 7.36. The maximum Gasteiger partial charge on any atom is 0.252 e. The van der Waals surface area contributed by atoms with Gasteiger partial charge >= 0.3 is 0 Å². The first-order valence-corrected chi connectivity index (χ1v) is 9.45. The van der Waals surface area contributed by atoms with Crippen LogP contribution in [0.5, 0.6) is 5.75 Å². The molecule has 1 amide bonds. The number of nitrogens with one attached hydrogen (secondary N) is 1. The first kappa shape index (κ1) is 16.9. The van der Waals surface area contributed by atoms with Gasteiger partial charge in [-0.05, 0) is 60.4 Å². The van der Waals surface area contributed by atoms with Crippen molar-refractivity contribution >= 4 is 17.6 Å². The molecular weight excluding hydrogens is 322 g/mol. The van der Waals surface area contributed by atoms with Gasteiger partial charge in [0.15, 0.2) is 0 Å². The summed E-state index contributed by atoms with van der Waals surface area (Å²) in [6.07, 6.45) is 6.99. The number of hydrogen-bond donors (Lipinski definition) is 1. The number of ether oxygens (including phenoxy) is 1. The largest absolute Gasteiger partial charge is 0.497 e. The molecule has 0 saturated heterocycles. The quantitative estimate of drug-likeness (QED) is 0.637. The molecular formula is C23H25NO2. The van der Waals surface area contributed by atoms with Crippen molar-refractivity contribution in [3.63, 3.8) is 0 Å². The van der Waals surface area contributed by atoms with Crippen LogP contribution in [0.2, 0.25) is 0 Å². The molecule has 3 nitrogen and oxygen atoms in total. The zero-order chi connectivity index (χ0) is 17.9. The standard InChI is InChI=1S/C23H25NO2/c1-26-20-11-8-16(9-12-20)14-21(18-5-3-2-4-6-18)23(25)24-22-15-17-7-10-19(22)13-17/h2-6,8-9,11-12,14,17,19,22H,7,10,13,15H2,1H3,(H,24,25)/b21-14+/t17-,19+,22+/m0/s1. The van der Waals surface area contributed by atoms with E-state index in [1.807, 2.05) is 60.7 Å². The molecule has 0 heterocycles. The number of carbonyl (C=O) groups excluding carboxylic acids is 1. The fraction of sp³-hybridized carbons (Fsp3) is 0.348. The predicted molar refractivity (Wildman–Crippen MR) is 105 cm³/mol. The van der Waals surface area contributed by atoms with Crippen LogP contribution in [0.1, 0.15) is 36.8 Å². The van der Waals surface area contributed by atoms with Gasteiger partial charge < -0.3 is 10.1 Å². The molecule has 2 fully saturated rings. The van der Waals surface area contributed by atoms with Gasteiger partial charge in [-0.15, -0.1) is 0 Å². The summed E-state index contributed by atoms with van der Waals surface area (Å²) >= 11 is 0. The molecule has 2 aromatic rings. The highest BCUT2D eigenvalue weighted by molar-refractivity contribution is 6.24. The Morgan fingerprint density at radius 2 is 1.81 bits per heavy atom. The molecule has 26 heavy (non-hydrogen) atoms. The van der Waals surface area contributed by atoms with Crippen LogP contribution >= 0.6 is 0 Å². The molecule has 0 aromatic heterocycles. The Morgan fingerprint density at radius 1 is 1.04 bits per heavy atom. The maximum atomic E-state index is 13.1. The van der Waals surface area contributed by atoms with Crippen LogP contribution in [-0.2, 0) is 4.79 Å². The van der Waals surface area contributed by atoms with E-state index in [-0.39, 0.29) is 5.91 Å². The Hall–Kier alpha value is -2.55. The van der Waals surface area contributed by atoms with Crippen LogP contribution in [0.25, 0.3) is 11.6 Å². The summed E-state index contributed by atoms with van der Waals surface area (Å²) in [4.78, 5) is 13.1. The minimum atomic E-state index is 0.0320. The fourth-order valence-electron chi connectivity index (χ4n) is 4.43. The first-order chi connectivity index (χ1) is 12.7. The molecule has 0 spiro atoms. The minimum Gasteiger partial charge on any atom is -0.497 e. The van der Waals surface area contributed by atoms with E-state index in [4.69, 9.17) is 4.74 Å². The van der Waals surface area contributed by atoms with E-state index in [9.17, 15) is 4.79 Å². The number of hydrogen-bond acceptors (Lipinski definition) is 2. The summed E-state index contributed by atoms with van der Waals surface area (Å²) in [6, 6.07) is 18.0. The maximum absolute atomic E-state index is 13.1. The summed E-state index contributed by atoms with van der Waals surface area (Å²) in [5.41, 5.74) is 2.66. The van der Waals surface area contributed by atoms with Gasteiger partial charge in [-0.1, -0.05) is 48.9 Å². The second-order valence-corrected chi connectivity index (χ2v) is 7.45.